The van der Waals surface area contributed by atoms with Gasteiger partial charge >= 0.3 is 0 Å². The molecular weight excluding hydrogens is 332 g/mol. The maximum atomic E-state index is 8.79. The van der Waals surface area contributed by atoms with Crippen LogP contribution in [0.1, 0.15) is 30.1 Å². The molecule has 2 aliphatic rings. The van der Waals surface area contributed by atoms with Crippen molar-refractivity contribution in [2.24, 2.45) is 0 Å². The van der Waals surface area contributed by atoms with Crippen molar-refractivity contribution < 1.29 is 4.74 Å². The molecule has 1 aliphatic carbocycles. The first kappa shape index (κ1) is 16.6. The number of hydrogen-bond acceptors (Lipinski definition) is 9. The quantitative estimate of drug-likeness (QED) is 0.703. The van der Waals surface area contributed by atoms with Gasteiger partial charge in [0.2, 0.25) is 0 Å². The third-order valence-electron chi connectivity index (χ3n) is 4.33. The minimum atomic E-state index is 0.143. The zero-order valence-corrected chi connectivity index (χ0v) is 14.3. The van der Waals surface area contributed by atoms with Crippen LogP contribution in [-0.4, -0.2) is 52.5 Å². The number of rotatable bonds is 6. The molecule has 2 aromatic rings. The molecule has 1 saturated carbocycles. The molecule has 2 aromatic heterocycles. The molecule has 1 atom stereocenters. The zero-order valence-electron chi connectivity index (χ0n) is 14.3. The first-order chi connectivity index (χ1) is 12.8. The summed E-state index contributed by atoms with van der Waals surface area (Å²) in [5, 5.41) is 27.3. The molecule has 0 radical (unpaired) electrons. The van der Waals surface area contributed by atoms with Gasteiger partial charge in [-0.3, -0.25) is 0 Å². The molecular formula is C17H20N8O. The van der Waals surface area contributed by atoms with Crippen molar-refractivity contribution in [3.63, 3.8) is 0 Å². The van der Waals surface area contributed by atoms with Gasteiger partial charge in [0.1, 0.15) is 11.9 Å². The molecule has 0 amide bonds. The van der Waals surface area contributed by atoms with Crippen molar-refractivity contribution in [2.45, 2.75) is 24.9 Å². The van der Waals surface area contributed by atoms with Gasteiger partial charge in [-0.15, -0.1) is 5.10 Å². The molecule has 26 heavy (non-hydrogen) atoms. The molecule has 0 unspecified atom stereocenters. The third kappa shape index (κ3) is 4.04. The lowest BCUT2D eigenvalue weighted by Crippen LogP contribution is -2.42. The van der Waals surface area contributed by atoms with E-state index < -0.39 is 0 Å². The van der Waals surface area contributed by atoms with E-state index in [4.69, 9.17) is 10.00 Å². The molecule has 3 N–H and O–H groups in total. The normalized spacial score (nSPS) is 19.6. The summed E-state index contributed by atoms with van der Waals surface area (Å²) >= 11 is 0. The summed E-state index contributed by atoms with van der Waals surface area (Å²) in [7, 11) is 0. The average Bonchev–Trinajstić information content (AvgIpc) is 3.53. The molecule has 1 aliphatic heterocycles. The topological polar surface area (TPSA) is 121 Å². The lowest BCUT2D eigenvalue weighted by Gasteiger charge is -2.24. The van der Waals surface area contributed by atoms with Crippen molar-refractivity contribution >= 4 is 17.3 Å². The van der Waals surface area contributed by atoms with Gasteiger partial charge in [0, 0.05) is 31.6 Å². The van der Waals surface area contributed by atoms with Crippen LogP contribution < -0.4 is 16.0 Å². The van der Waals surface area contributed by atoms with Crippen LogP contribution in [0.25, 0.3) is 0 Å². The lowest BCUT2D eigenvalue weighted by atomic mass is 10.2. The monoisotopic (exact) mass is 352 g/mol. The fraction of sp³-hybridized carbons (Fsp3) is 0.471. The second-order valence-electron chi connectivity index (χ2n) is 6.40. The molecule has 1 saturated heterocycles. The highest BCUT2D eigenvalue weighted by molar-refractivity contribution is 5.60. The van der Waals surface area contributed by atoms with Gasteiger partial charge < -0.3 is 20.7 Å². The second-order valence-corrected chi connectivity index (χ2v) is 6.40. The van der Waals surface area contributed by atoms with E-state index in [1.54, 1.807) is 0 Å². The van der Waals surface area contributed by atoms with Crippen molar-refractivity contribution in [3.05, 3.63) is 29.8 Å². The minimum absolute atomic E-state index is 0.143. The Hall–Kier alpha value is -2.83. The summed E-state index contributed by atoms with van der Waals surface area (Å²) in [6.45, 7) is 3.20. The highest BCUT2D eigenvalue weighted by Gasteiger charge is 2.29. The zero-order chi connectivity index (χ0) is 17.8. The molecule has 134 valence electrons. The van der Waals surface area contributed by atoms with E-state index >= 15 is 0 Å². The Bertz CT molecular complexity index is 793. The van der Waals surface area contributed by atoms with E-state index in [0.717, 1.165) is 43.9 Å². The molecule has 3 heterocycles. The van der Waals surface area contributed by atoms with Crippen molar-refractivity contribution in [1.82, 2.24) is 25.5 Å². The van der Waals surface area contributed by atoms with Crippen LogP contribution in [0, 0.1) is 11.3 Å². The van der Waals surface area contributed by atoms with Crippen molar-refractivity contribution in [1.29, 1.82) is 5.26 Å². The number of nitrogens with one attached hydrogen (secondary N) is 3. The van der Waals surface area contributed by atoms with Crippen LogP contribution in [-0.2, 0) is 4.74 Å². The molecule has 2 fully saturated rings. The van der Waals surface area contributed by atoms with Gasteiger partial charge in [-0.2, -0.15) is 10.4 Å². The van der Waals surface area contributed by atoms with E-state index in [1.807, 2.05) is 12.1 Å². The molecule has 9 nitrogen and oxygen atoms in total. The number of aromatic nitrogens is 4. The van der Waals surface area contributed by atoms with Gasteiger partial charge in [0.25, 0.3) is 0 Å². The summed E-state index contributed by atoms with van der Waals surface area (Å²) in [6.07, 6.45) is 5.37. The van der Waals surface area contributed by atoms with Crippen molar-refractivity contribution in [3.8, 4) is 6.07 Å². The van der Waals surface area contributed by atoms with Crippen LogP contribution in [0.3, 0.4) is 0 Å². The molecule has 0 bridgehead atoms. The van der Waals surface area contributed by atoms with E-state index in [0.29, 0.717) is 24.1 Å². The second kappa shape index (κ2) is 7.59. The maximum Gasteiger partial charge on any atom is 0.158 e. The predicted molar refractivity (Wildman–Crippen MR) is 95.1 cm³/mol. The number of hydrogen-bond donors (Lipinski definition) is 3. The molecule has 9 heteroatoms. The van der Waals surface area contributed by atoms with Gasteiger partial charge in [-0.05, 0) is 12.8 Å². The molecule has 0 aromatic carbocycles. The fourth-order valence-corrected chi connectivity index (χ4v) is 2.82. The van der Waals surface area contributed by atoms with E-state index in [-0.39, 0.29) is 11.8 Å². The highest BCUT2D eigenvalue weighted by atomic mass is 16.5. The van der Waals surface area contributed by atoms with Gasteiger partial charge in [0.15, 0.2) is 11.5 Å². The Morgan fingerprint density at radius 2 is 2.15 bits per heavy atom. The highest BCUT2D eigenvalue weighted by Crippen LogP contribution is 2.42. The number of ether oxygens (including phenoxy) is 1. The van der Waals surface area contributed by atoms with Gasteiger partial charge in [-0.25, -0.2) is 9.97 Å². The van der Waals surface area contributed by atoms with E-state index in [9.17, 15) is 0 Å². The SMILES string of the molecule is N#Cc1cnc(Nc2cc(NC[C@H]3CNCCO3)c(C3CC3)nn2)cn1. The Morgan fingerprint density at radius 1 is 1.23 bits per heavy atom. The Labute approximate surface area is 151 Å². The fourth-order valence-electron chi connectivity index (χ4n) is 2.82. The van der Waals surface area contributed by atoms with Gasteiger partial charge in [-0.1, -0.05) is 0 Å². The summed E-state index contributed by atoms with van der Waals surface area (Å²) in [5.41, 5.74) is 2.25. The van der Waals surface area contributed by atoms with E-state index in [2.05, 4.69) is 36.1 Å². The first-order valence-electron chi connectivity index (χ1n) is 8.75. The lowest BCUT2D eigenvalue weighted by molar-refractivity contribution is 0.0372. The molecule has 0 spiro atoms. The summed E-state index contributed by atoms with van der Waals surface area (Å²) < 4.78 is 5.74. The van der Waals surface area contributed by atoms with Crippen LogP contribution >= 0.6 is 0 Å². The number of nitriles is 1. The third-order valence-corrected chi connectivity index (χ3v) is 4.33. The standard InChI is InChI=1S/C17H20N8O/c18-6-12-7-22-16(10-20-12)23-15-5-14(17(25-24-15)11-1-2-11)21-9-13-8-19-3-4-26-13/h5,7,10-11,13,19H,1-4,8-9H2,(H2,21,22,23,24)/t13-/m1/s1. The summed E-state index contributed by atoms with van der Waals surface area (Å²) in [5.74, 6) is 1.58. The summed E-state index contributed by atoms with van der Waals surface area (Å²) in [6, 6.07) is 3.89. The number of morpholine rings is 1. The smallest absolute Gasteiger partial charge is 0.158 e. The molecule has 4 rings (SSSR count). The Morgan fingerprint density at radius 3 is 2.85 bits per heavy atom. The predicted octanol–water partition coefficient (Wildman–Crippen LogP) is 1.16. The van der Waals surface area contributed by atoms with Crippen LogP contribution in [0.4, 0.5) is 17.3 Å². The van der Waals surface area contributed by atoms with Crippen LogP contribution in [0.15, 0.2) is 18.5 Å². The Kier molecular flexibility index (Phi) is 4.86. The van der Waals surface area contributed by atoms with Crippen molar-refractivity contribution in [2.75, 3.05) is 36.9 Å². The Balaban J connectivity index is 1.47. The number of nitrogens with zero attached hydrogens (tertiary/aromatic N) is 5. The van der Waals surface area contributed by atoms with Crippen LogP contribution in [0.2, 0.25) is 0 Å². The largest absolute Gasteiger partial charge is 0.381 e. The number of anilines is 3. The van der Waals surface area contributed by atoms with Gasteiger partial charge in [0.05, 0.1) is 36.5 Å². The average molecular weight is 352 g/mol. The minimum Gasteiger partial charge on any atom is -0.381 e. The summed E-state index contributed by atoms with van der Waals surface area (Å²) in [4.78, 5) is 8.15. The van der Waals surface area contributed by atoms with Crippen LogP contribution in [0.5, 0.6) is 0 Å². The maximum absolute atomic E-state index is 8.79. The van der Waals surface area contributed by atoms with E-state index in [1.165, 1.54) is 12.4 Å². The first-order valence-corrected chi connectivity index (χ1v) is 8.75.